The fraction of sp³-hybridized carbons (Fsp3) is 0.438. The molecule has 2 N–H and O–H groups in total. The molecule has 0 saturated carbocycles. The molecule has 1 aromatic carbocycles. The lowest BCUT2D eigenvalue weighted by Gasteiger charge is -2.12. The first-order valence-electron chi connectivity index (χ1n) is 7.65. The second kappa shape index (κ2) is 8.28. The van der Waals surface area contributed by atoms with E-state index in [-0.39, 0.29) is 6.10 Å². The minimum absolute atomic E-state index is 0.159. The summed E-state index contributed by atoms with van der Waals surface area (Å²) in [5.41, 5.74) is 0.883. The maximum Gasteiger partial charge on any atom is 0.249 e. The molecule has 2 rings (SSSR count). The predicted molar refractivity (Wildman–Crippen MR) is 92.4 cm³/mol. The minimum Gasteiger partial charge on any atom is -0.491 e. The van der Waals surface area contributed by atoms with Crippen molar-refractivity contribution in [2.45, 2.75) is 20.0 Å². The van der Waals surface area contributed by atoms with Gasteiger partial charge in [-0.1, -0.05) is 0 Å². The summed E-state index contributed by atoms with van der Waals surface area (Å²) in [7, 11) is 4.05. The summed E-state index contributed by atoms with van der Waals surface area (Å²) in [6, 6.07) is 7.67. The van der Waals surface area contributed by atoms with E-state index in [1.807, 2.05) is 52.2 Å². The van der Waals surface area contributed by atoms with Gasteiger partial charge in [-0.3, -0.25) is 0 Å². The first-order valence-corrected chi connectivity index (χ1v) is 7.65. The Balaban J connectivity index is 1.94. The van der Waals surface area contributed by atoms with Gasteiger partial charge < -0.3 is 20.3 Å². The van der Waals surface area contributed by atoms with E-state index in [4.69, 9.17) is 4.74 Å². The van der Waals surface area contributed by atoms with Crippen molar-refractivity contribution < 1.29 is 4.74 Å². The lowest BCUT2D eigenvalue weighted by atomic mass is 10.3. The summed E-state index contributed by atoms with van der Waals surface area (Å²) in [5, 5.41) is 14.3. The second-order valence-corrected chi connectivity index (χ2v) is 5.71. The summed E-state index contributed by atoms with van der Waals surface area (Å²) < 4.78 is 5.62. The number of hydrogen-bond acceptors (Lipinski definition) is 7. The number of likely N-dealkylation sites (N-methyl/N-ethyl adjacent to an activating group) is 1. The highest BCUT2D eigenvalue weighted by atomic mass is 16.5. The van der Waals surface area contributed by atoms with Crippen molar-refractivity contribution in [1.82, 2.24) is 20.1 Å². The molecule has 1 aromatic heterocycles. The van der Waals surface area contributed by atoms with Gasteiger partial charge in [0, 0.05) is 18.8 Å². The van der Waals surface area contributed by atoms with E-state index in [0.29, 0.717) is 11.8 Å². The topological polar surface area (TPSA) is 75.2 Å². The van der Waals surface area contributed by atoms with Crippen LogP contribution < -0.4 is 15.4 Å². The van der Waals surface area contributed by atoms with Crippen LogP contribution in [0.1, 0.15) is 13.8 Å². The highest BCUT2D eigenvalue weighted by Gasteiger charge is 2.03. The van der Waals surface area contributed by atoms with Gasteiger partial charge in [0.2, 0.25) is 5.95 Å². The van der Waals surface area contributed by atoms with Crippen molar-refractivity contribution in [3.63, 3.8) is 0 Å². The van der Waals surface area contributed by atoms with E-state index >= 15 is 0 Å². The number of nitrogens with one attached hydrogen (secondary N) is 2. The predicted octanol–water partition coefficient (Wildman–Crippen LogP) is 2.38. The van der Waals surface area contributed by atoms with Crippen molar-refractivity contribution in [1.29, 1.82) is 0 Å². The number of rotatable bonds is 8. The summed E-state index contributed by atoms with van der Waals surface area (Å²) >= 11 is 0. The molecule has 0 unspecified atom stereocenters. The Morgan fingerprint density at radius 1 is 1.17 bits per heavy atom. The van der Waals surface area contributed by atoms with Gasteiger partial charge >= 0.3 is 0 Å². The van der Waals surface area contributed by atoms with Crippen LogP contribution in [0.25, 0.3) is 0 Å². The molecule has 0 atom stereocenters. The Bertz CT molecular complexity index is 600. The molecule has 0 radical (unpaired) electrons. The van der Waals surface area contributed by atoms with Crippen LogP contribution in [-0.2, 0) is 0 Å². The summed E-state index contributed by atoms with van der Waals surface area (Å²) in [6.45, 7) is 5.72. The molecule has 0 aliphatic heterocycles. The molecule has 0 saturated heterocycles. The van der Waals surface area contributed by atoms with E-state index in [1.165, 1.54) is 0 Å². The first-order chi connectivity index (χ1) is 11.0. The number of aromatic nitrogens is 3. The van der Waals surface area contributed by atoms with Gasteiger partial charge in [-0.2, -0.15) is 10.1 Å². The summed E-state index contributed by atoms with van der Waals surface area (Å²) in [5.74, 6) is 1.99. The number of benzene rings is 1. The molecular formula is C16H24N6O. The molecule has 0 amide bonds. The third kappa shape index (κ3) is 6.07. The van der Waals surface area contributed by atoms with Crippen LogP contribution in [0, 0.1) is 0 Å². The SMILES string of the molecule is CC(C)Oc1ccc(Nc2nncc(NCCN(C)C)n2)cc1. The van der Waals surface area contributed by atoms with Crippen LogP contribution >= 0.6 is 0 Å². The van der Waals surface area contributed by atoms with Gasteiger partial charge in [0.25, 0.3) is 0 Å². The van der Waals surface area contributed by atoms with Crippen LogP contribution in [0.15, 0.2) is 30.5 Å². The second-order valence-electron chi connectivity index (χ2n) is 5.71. The van der Waals surface area contributed by atoms with Gasteiger partial charge in [-0.15, -0.1) is 5.10 Å². The average molecular weight is 316 g/mol. The standard InChI is InChI=1S/C16H24N6O/c1-12(2)23-14-7-5-13(6-8-14)19-16-20-15(11-18-21-16)17-9-10-22(3)4/h5-8,11-12H,9-10H2,1-4H3,(H2,17,19,20,21). The Hall–Kier alpha value is -2.41. The van der Waals surface area contributed by atoms with E-state index in [2.05, 4.69) is 30.7 Å². The Morgan fingerprint density at radius 3 is 2.57 bits per heavy atom. The highest BCUT2D eigenvalue weighted by molar-refractivity contribution is 5.55. The zero-order valence-corrected chi connectivity index (χ0v) is 14.1. The number of hydrogen-bond donors (Lipinski definition) is 2. The first kappa shape index (κ1) is 17.0. The van der Waals surface area contributed by atoms with Crippen molar-refractivity contribution in [2.24, 2.45) is 0 Å². The van der Waals surface area contributed by atoms with E-state index in [0.717, 1.165) is 24.5 Å². The van der Waals surface area contributed by atoms with Gasteiger partial charge in [0.05, 0.1) is 12.3 Å². The lowest BCUT2D eigenvalue weighted by molar-refractivity contribution is 0.242. The summed E-state index contributed by atoms with van der Waals surface area (Å²) in [6.07, 6.45) is 1.77. The number of ether oxygens (including phenoxy) is 1. The molecule has 0 fully saturated rings. The van der Waals surface area contributed by atoms with Crippen molar-refractivity contribution in [2.75, 3.05) is 37.8 Å². The van der Waals surface area contributed by atoms with Gasteiger partial charge in [0.15, 0.2) is 5.82 Å². The van der Waals surface area contributed by atoms with Crippen LogP contribution in [0.4, 0.5) is 17.5 Å². The molecule has 0 aliphatic rings. The molecule has 1 heterocycles. The third-order valence-electron chi connectivity index (χ3n) is 2.91. The average Bonchev–Trinajstić information content (AvgIpc) is 2.49. The molecule has 23 heavy (non-hydrogen) atoms. The molecule has 2 aromatic rings. The fourth-order valence-corrected chi connectivity index (χ4v) is 1.87. The summed E-state index contributed by atoms with van der Waals surface area (Å²) in [4.78, 5) is 6.49. The molecule has 7 heteroatoms. The Morgan fingerprint density at radius 2 is 1.91 bits per heavy atom. The van der Waals surface area contributed by atoms with Crippen molar-refractivity contribution in [3.05, 3.63) is 30.5 Å². The van der Waals surface area contributed by atoms with E-state index < -0.39 is 0 Å². The maximum absolute atomic E-state index is 5.62. The van der Waals surface area contributed by atoms with Gasteiger partial charge in [0.1, 0.15) is 5.75 Å². The molecule has 0 spiro atoms. The van der Waals surface area contributed by atoms with Crippen molar-refractivity contribution in [3.8, 4) is 5.75 Å². The lowest BCUT2D eigenvalue weighted by Crippen LogP contribution is -2.21. The van der Waals surface area contributed by atoms with Crippen LogP contribution in [0.2, 0.25) is 0 Å². The molecule has 0 bridgehead atoms. The maximum atomic E-state index is 5.62. The number of nitrogens with zero attached hydrogens (tertiary/aromatic N) is 4. The number of anilines is 3. The fourth-order valence-electron chi connectivity index (χ4n) is 1.87. The monoisotopic (exact) mass is 316 g/mol. The van der Waals surface area contributed by atoms with Crippen molar-refractivity contribution >= 4 is 17.5 Å². The Kier molecular flexibility index (Phi) is 6.10. The smallest absolute Gasteiger partial charge is 0.249 e. The zero-order chi connectivity index (χ0) is 16.7. The van der Waals surface area contributed by atoms with Crippen LogP contribution in [0.3, 0.4) is 0 Å². The van der Waals surface area contributed by atoms with Crippen LogP contribution in [-0.4, -0.2) is 53.4 Å². The van der Waals surface area contributed by atoms with Crippen LogP contribution in [0.5, 0.6) is 5.75 Å². The molecule has 124 valence electrons. The van der Waals surface area contributed by atoms with E-state index in [9.17, 15) is 0 Å². The molecule has 7 nitrogen and oxygen atoms in total. The molecular weight excluding hydrogens is 292 g/mol. The minimum atomic E-state index is 0.159. The molecule has 0 aliphatic carbocycles. The quantitative estimate of drug-likeness (QED) is 0.774. The Labute approximate surface area is 137 Å². The zero-order valence-electron chi connectivity index (χ0n) is 14.1. The van der Waals surface area contributed by atoms with E-state index in [1.54, 1.807) is 6.20 Å². The largest absolute Gasteiger partial charge is 0.491 e. The third-order valence-corrected chi connectivity index (χ3v) is 2.91. The van der Waals surface area contributed by atoms with Gasteiger partial charge in [-0.05, 0) is 52.2 Å². The normalized spacial score (nSPS) is 10.9. The highest BCUT2D eigenvalue weighted by Crippen LogP contribution is 2.19. The van der Waals surface area contributed by atoms with Gasteiger partial charge in [-0.25, -0.2) is 0 Å².